The van der Waals surface area contributed by atoms with Gasteiger partial charge in [0.15, 0.2) is 17.5 Å². The second-order valence-electron chi connectivity index (χ2n) is 17.1. The summed E-state index contributed by atoms with van der Waals surface area (Å²) in [6, 6.07) is 86.4. The fourth-order valence-corrected chi connectivity index (χ4v) is 10.1. The Balaban J connectivity index is 0.947. The van der Waals surface area contributed by atoms with Gasteiger partial charge in [-0.05, 0) is 96.0 Å². The maximum atomic E-state index is 5.25. The lowest BCUT2D eigenvalue weighted by Gasteiger charge is -2.15. The molecule has 0 aliphatic carbocycles. The van der Waals surface area contributed by atoms with Crippen molar-refractivity contribution in [2.24, 2.45) is 0 Å². The largest absolute Gasteiger partial charge is 0.309 e. The second-order valence-corrected chi connectivity index (χ2v) is 17.1. The number of nitrogens with zero attached hydrogens (tertiary/aromatic N) is 4. The molecule has 2 heterocycles. The summed E-state index contributed by atoms with van der Waals surface area (Å²) in [4.78, 5) is 15.7. The predicted molar refractivity (Wildman–Crippen MR) is 279 cm³/mol. The fourth-order valence-electron chi connectivity index (χ4n) is 10.1. The van der Waals surface area contributed by atoms with E-state index in [9.17, 15) is 0 Å². The minimum Gasteiger partial charge on any atom is -0.309 e. The molecular formula is C63H40N4. The molecular weight excluding hydrogens is 813 g/mol. The van der Waals surface area contributed by atoms with E-state index in [0.29, 0.717) is 17.5 Å². The van der Waals surface area contributed by atoms with E-state index < -0.39 is 0 Å². The Bertz CT molecular complexity index is 4010. The Morgan fingerprint density at radius 3 is 1.54 bits per heavy atom. The Hall–Kier alpha value is -8.99. The van der Waals surface area contributed by atoms with Crippen molar-refractivity contribution in [3.05, 3.63) is 243 Å². The standard InChI is InChI=1S/C63H40N4/c1-3-16-41(17-4-1)49-22-11-12-25-54(49)63-65-61(45-34-30-43(31-35-45)51-27-15-29-58-60(51)55-26-13-14-28-57(55)67(58)48-20-5-2-6-21-48)64-62(66-63)46-36-32-44(33-37-46)59-52-24-10-8-19-47(52)40-56-50-23-9-7-18-42(50)38-39-53(56)59/h1-40H. The Kier molecular flexibility index (Phi) is 9.14. The summed E-state index contributed by atoms with van der Waals surface area (Å²) >= 11 is 0. The fraction of sp³-hybridized carbons (Fsp3) is 0. The summed E-state index contributed by atoms with van der Waals surface area (Å²) in [5.41, 5.74) is 13.1. The highest BCUT2D eigenvalue weighted by Gasteiger charge is 2.19. The molecule has 0 saturated carbocycles. The van der Waals surface area contributed by atoms with Gasteiger partial charge in [-0.1, -0.05) is 212 Å². The van der Waals surface area contributed by atoms with Gasteiger partial charge in [0.1, 0.15) is 0 Å². The minimum atomic E-state index is 0.615. The lowest BCUT2D eigenvalue weighted by atomic mass is 9.89. The van der Waals surface area contributed by atoms with Crippen LogP contribution in [0.3, 0.4) is 0 Å². The molecule has 0 spiro atoms. The molecule has 4 heteroatoms. The van der Waals surface area contributed by atoms with E-state index in [4.69, 9.17) is 15.0 Å². The van der Waals surface area contributed by atoms with Crippen LogP contribution in [0.15, 0.2) is 243 Å². The van der Waals surface area contributed by atoms with Crippen LogP contribution < -0.4 is 0 Å². The van der Waals surface area contributed by atoms with E-state index in [1.165, 1.54) is 65.3 Å². The Morgan fingerprint density at radius 2 is 0.791 bits per heavy atom. The number of para-hydroxylation sites is 2. The number of aromatic nitrogens is 4. The summed E-state index contributed by atoms with van der Waals surface area (Å²) in [5.74, 6) is 1.85. The third-order valence-corrected chi connectivity index (χ3v) is 13.3. The first-order valence-corrected chi connectivity index (χ1v) is 22.8. The van der Waals surface area contributed by atoms with Crippen LogP contribution in [0.25, 0.3) is 127 Å². The minimum absolute atomic E-state index is 0.615. The van der Waals surface area contributed by atoms with E-state index >= 15 is 0 Å². The second kappa shape index (κ2) is 15.9. The van der Waals surface area contributed by atoms with Gasteiger partial charge in [-0.2, -0.15) is 0 Å². The van der Waals surface area contributed by atoms with E-state index in [1.54, 1.807) is 0 Å². The molecule has 11 aromatic carbocycles. The Labute approximate surface area is 387 Å². The zero-order chi connectivity index (χ0) is 44.3. The topological polar surface area (TPSA) is 43.6 Å². The summed E-state index contributed by atoms with van der Waals surface area (Å²) in [7, 11) is 0. The molecule has 13 aromatic rings. The SMILES string of the molecule is c1ccc(-c2ccccc2-c2nc(-c3ccc(-c4c5ccccc5cc5c4ccc4ccccc45)cc3)nc(-c3ccc(-c4cccc5c4c4ccccc4n5-c4ccccc4)cc3)n2)cc1. The molecule has 4 nitrogen and oxygen atoms in total. The van der Waals surface area contributed by atoms with Crippen LogP contribution >= 0.6 is 0 Å². The monoisotopic (exact) mass is 852 g/mol. The van der Waals surface area contributed by atoms with E-state index in [-0.39, 0.29) is 0 Å². The van der Waals surface area contributed by atoms with Crippen molar-refractivity contribution >= 4 is 54.1 Å². The van der Waals surface area contributed by atoms with E-state index in [0.717, 1.165) is 44.6 Å². The summed E-state index contributed by atoms with van der Waals surface area (Å²) in [6.45, 7) is 0. The number of hydrogen-bond donors (Lipinski definition) is 0. The van der Waals surface area contributed by atoms with Crippen molar-refractivity contribution < 1.29 is 0 Å². The van der Waals surface area contributed by atoms with Gasteiger partial charge in [0.2, 0.25) is 0 Å². The molecule has 0 amide bonds. The summed E-state index contributed by atoms with van der Waals surface area (Å²) in [5, 5.41) is 9.86. The number of benzene rings is 11. The van der Waals surface area contributed by atoms with Crippen LogP contribution in [0.4, 0.5) is 0 Å². The van der Waals surface area contributed by atoms with Crippen LogP contribution in [-0.4, -0.2) is 19.5 Å². The Morgan fingerprint density at radius 1 is 0.269 bits per heavy atom. The quantitative estimate of drug-likeness (QED) is 0.118. The van der Waals surface area contributed by atoms with Gasteiger partial charge in [0, 0.05) is 33.2 Å². The molecule has 0 radical (unpaired) electrons. The molecule has 2 aromatic heterocycles. The van der Waals surface area contributed by atoms with Crippen molar-refractivity contribution in [1.29, 1.82) is 0 Å². The van der Waals surface area contributed by atoms with Gasteiger partial charge in [0.05, 0.1) is 11.0 Å². The van der Waals surface area contributed by atoms with Crippen LogP contribution in [0, 0.1) is 0 Å². The average Bonchev–Trinajstić information content (AvgIpc) is 3.75. The lowest BCUT2D eigenvalue weighted by Crippen LogP contribution is -2.01. The van der Waals surface area contributed by atoms with Gasteiger partial charge in [0.25, 0.3) is 0 Å². The molecule has 67 heavy (non-hydrogen) atoms. The van der Waals surface area contributed by atoms with E-state index in [1.807, 2.05) is 6.07 Å². The summed E-state index contributed by atoms with van der Waals surface area (Å²) in [6.07, 6.45) is 0. The van der Waals surface area contributed by atoms with Crippen LogP contribution in [0.5, 0.6) is 0 Å². The predicted octanol–water partition coefficient (Wildman–Crippen LogP) is 16.4. The zero-order valence-corrected chi connectivity index (χ0v) is 36.4. The molecule has 0 aliphatic heterocycles. The number of fused-ring (bicyclic) bond motifs is 7. The third-order valence-electron chi connectivity index (χ3n) is 13.3. The zero-order valence-electron chi connectivity index (χ0n) is 36.4. The van der Waals surface area contributed by atoms with Crippen LogP contribution in [0.2, 0.25) is 0 Å². The van der Waals surface area contributed by atoms with Crippen molar-refractivity contribution in [2.45, 2.75) is 0 Å². The van der Waals surface area contributed by atoms with Crippen LogP contribution in [-0.2, 0) is 0 Å². The smallest absolute Gasteiger partial charge is 0.164 e. The molecule has 0 bridgehead atoms. The van der Waals surface area contributed by atoms with Gasteiger partial charge in [-0.25, -0.2) is 15.0 Å². The summed E-state index contributed by atoms with van der Waals surface area (Å²) < 4.78 is 2.36. The normalized spacial score (nSPS) is 11.6. The van der Waals surface area contributed by atoms with E-state index in [2.05, 4.69) is 241 Å². The molecule has 0 aliphatic rings. The van der Waals surface area contributed by atoms with Crippen molar-refractivity contribution in [1.82, 2.24) is 19.5 Å². The lowest BCUT2D eigenvalue weighted by molar-refractivity contribution is 1.07. The van der Waals surface area contributed by atoms with Crippen molar-refractivity contribution in [3.63, 3.8) is 0 Å². The highest BCUT2D eigenvalue weighted by Crippen LogP contribution is 2.42. The first-order chi connectivity index (χ1) is 33.2. The average molecular weight is 853 g/mol. The molecule has 0 unspecified atom stereocenters. The van der Waals surface area contributed by atoms with Gasteiger partial charge in [-0.15, -0.1) is 0 Å². The van der Waals surface area contributed by atoms with Crippen molar-refractivity contribution in [3.8, 4) is 73.2 Å². The molecule has 0 N–H and O–H groups in total. The number of rotatable bonds is 7. The van der Waals surface area contributed by atoms with Gasteiger partial charge in [-0.3, -0.25) is 0 Å². The maximum absolute atomic E-state index is 5.25. The van der Waals surface area contributed by atoms with Crippen LogP contribution in [0.1, 0.15) is 0 Å². The molecule has 0 saturated heterocycles. The maximum Gasteiger partial charge on any atom is 0.164 e. The number of hydrogen-bond acceptors (Lipinski definition) is 3. The van der Waals surface area contributed by atoms with Gasteiger partial charge >= 0.3 is 0 Å². The van der Waals surface area contributed by atoms with Gasteiger partial charge < -0.3 is 4.57 Å². The first kappa shape index (κ1) is 38.5. The highest BCUT2D eigenvalue weighted by molar-refractivity contribution is 6.20. The molecule has 0 atom stereocenters. The first-order valence-electron chi connectivity index (χ1n) is 22.8. The molecule has 0 fully saturated rings. The molecule has 312 valence electrons. The van der Waals surface area contributed by atoms with Crippen molar-refractivity contribution in [2.75, 3.05) is 0 Å². The molecule has 13 rings (SSSR count). The highest BCUT2D eigenvalue weighted by atomic mass is 15.0. The third kappa shape index (κ3) is 6.57.